The molecule has 0 aromatic heterocycles. The Hall–Kier alpha value is 0.177. The van der Waals surface area contributed by atoms with Crippen LogP contribution < -0.4 is 0 Å². The smallest absolute Gasteiger partial charge is 0.0673 e. The van der Waals surface area contributed by atoms with Crippen LogP contribution in [0.1, 0.15) is 47.0 Å². The molecule has 0 aromatic carbocycles. The van der Waals surface area contributed by atoms with Gasteiger partial charge in [-0.05, 0) is 36.5 Å². The molecule has 1 aliphatic carbocycles. The van der Waals surface area contributed by atoms with Crippen LogP contribution in [0.25, 0.3) is 0 Å². The topological polar surface area (TPSA) is 20.2 Å². The van der Waals surface area contributed by atoms with Crippen molar-refractivity contribution in [3.63, 3.8) is 0 Å². The van der Waals surface area contributed by atoms with E-state index in [0.29, 0.717) is 17.3 Å². The highest BCUT2D eigenvalue weighted by molar-refractivity contribution is 6.76. The van der Waals surface area contributed by atoms with Gasteiger partial charge in [-0.3, -0.25) is 0 Å². The maximum absolute atomic E-state index is 10.9. The average molecular weight is 257 g/mol. The lowest BCUT2D eigenvalue weighted by Gasteiger charge is -2.40. The molecule has 0 aromatic rings. The molecule has 1 aliphatic rings. The molecule has 3 atom stereocenters. The molecule has 1 N–H and O–H groups in total. The van der Waals surface area contributed by atoms with Crippen molar-refractivity contribution in [1.29, 1.82) is 0 Å². The molecule has 0 unspecified atom stereocenters. The van der Waals surface area contributed by atoms with E-state index in [1.165, 1.54) is 12.5 Å². The van der Waals surface area contributed by atoms with E-state index in [1.807, 2.05) is 0 Å². The highest BCUT2D eigenvalue weighted by Crippen LogP contribution is 2.52. The molecule has 0 radical (unpaired) electrons. The zero-order valence-corrected chi connectivity index (χ0v) is 13.9. The molecule has 1 fully saturated rings. The standard InChI is InChI=1S/C15H32OSi/c1-8-15(16)10-9-12(14(2,3)4)13(15)11-17(5,6)7/h12-13,16H,8-11H2,1-7H3/t12-,13-,15+/m1/s1. The third-order valence-corrected chi connectivity index (χ3v) is 6.29. The quantitative estimate of drug-likeness (QED) is 0.735. The van der Waals surface area contributed by atoms with Crippen LogP contribution in [0.5, 0.6) is 0 Å². The lowest BCUT2D eigenvalue weighted by molar-refractivity contribution is -0.0162. The zero-order chi connectivity index (χ0) is 13.5. The van der Waals surface area contributed by atoms with Crippen LogP contribution in [0.4, 0.5) is 0 Å². The average Bonchev–Trinajstić information content (AvgIpc) is 2.42. The summed E-state index contributed by atoms with van der Waals surface area (Å²) in [6.07, 6.45) is 3.15. The largest absolute Gasteiger partial charge is 0.390 e. The van der Waals surface area contributed by atoms with E-state index in [9.17, 15) is 5.11 Å². The maximum Gasteiger partial charge on any atom is 0.0673 e. The number of rotatable bonds is 3. The summed E-state index contributed by atoms with van der Waals surface area (Å²) < 4.78 is 0. The van der Waals surface area contributed by atoms with Crippen LogP contribution in [-0.2, 0) is 0 Å². The van der Waals surface area contributed by atoms with Crippen molar-refractivity contribution < 1.29 is 5.11 Å². The molecule has 1 saturated carbocycles. The minimum Gasteiger partial charge on any atom is -0.390 e. The van der Waals surface area contributed by atoms with Crippen LogP contribution in [0.2, 0.25) is 25.7 Å². The van der Waals surface area contributed by atoms with E-state index in [-0.39, 0.29) is 5.60 Å². The summed E-state index contributed by atoms with van der Waals surface area (Å²) >= 11 is 0. The Morgan fingerprint density at radius 2 is 1.76 bits per heavy atom. The Morgan fingerprint density at radius 3 is 2.12 bits per heavy atom. The second-order valence-corrected chi connectivity index (χ2v) is 13.9. The Balaban J connectivity index is 2.95. The summed E-state index contributed by atoms with van der Waals surface area (Å²) in [4.78, 5) is 0. The van der Waals surface area contributed by atoms with Gasteiger partial charge in [0.15, 0.2) is 0 Å². The third kappa shape index (κ3) is 3.57. The van der Waals surface area contributed by atoms with Gasteiger partial charge in [0, 0.05) is 8.07 Å². The van der Waals surface area contributed by atoms with Gasteiger partial charge in [-0.2, -0.15) is 0 Å². The Kier molecular flexibility index (Phi) is 4.21. The summed E-state index contributed by atoms with van der Waals surface area (Å²) in [6.45, 7) is 16.5. The molecular weight excluding hydrogens is 224 g/mol. The van der Waals surface area contributed by atoms with E-state index in [0.717, 1.165) is 12.8 Å². The number of hydrogen-bond acceptors (Lipinski definition) is 1. The van der Waals surface area contributed by atoms with Crippen LogP contribution in [0.15, 0.2) is 0 Å². The zero-order valence-electron chi connectivity index (χ0n) is 12.9. The number of hydrogen-bond donors (Lipinski definition) is 1. The molecule has 0 bridgehead atoms. The second-order valence-electron chi connectivity index (χ2n) is 8.34. The Morgan fingerprint density at radius 1 is 1.24 bits per heavy atom. The minimum absolute atomic E-state index is 0.337. The fourth-order valence-electron chi connectivity index (χ4n) is 3.63. The normalized spacial score (nSPS) is 35.3. The predicted molar refractivity (Wildman–Crippen MR) is 79.1 cm³/mol. The van der Waals surface area contributed by atoms with Crippen molar-refractivity contribution in [1.82, 2.24) is 0 Å². The minimum atomic E-state index is -1.11. The molecule has 0 amide bonds. The van der Waals surface area contributed by atoms with E-state index < -0.39 is 8.07 Å². The van der Waals surface area contributed by atoms with Gasteiger partial charge < -0.3 is 5.11 Å². The molecule has 0 aliphatic heterocycles. The van der Waals surface area contributed by atoms with E-state index in [2.05, 4.69) is 47.3 Å². The molecular formula is C15H32OSi. The van der Waals surface area contributed by atoms with Gasteiger partial charge >= 0.3 is 0 Å². The van der Waals surface area contributed by atoms with Crippen molar-refractivity contribution in [2.75, 3.05) is 0 Å². The van der Waals surface area contributed by atoms with Gasteiger partial charge in [-0.25, -0.2) is 0 Å². The summed E-state index contributed by atoms with van der Waals surface area (Å²) in [5, 5.41) is 10.9. The van der Waals surface area contributed by atoms with Crippen LogP contribution in [0, 0.1) is 17.3 Å². The fourth-order valence-corrected chi connectivity index (χ4v) is 5.62. The van der Waals surface area contributed by atoms with Crippen molar-refractivity contribution in [2.24, 2.45) is 17.3 Å². The van der Waals surface area contributed by atoms with Crippen LogP contribution >= 0.6 is 0 Å². The fraction of sp³-hybridized carbons (Fsp3) is 1.00. The van der Waals surface area contributed by atoms with E-state index in [4.69, 9.17) is 0 Å². The van der Waals surface area contributed by atoms with Crippen molar-refractivity contribution in [3.05, 3.63) is 0 Å². The lowest BCUT2D eigenvalue weighted by Crippen LogP contribution is -2.42. The van der Waals surface area contributed by atoms with Gasteiger partial charge in [-0.1, -0.05) is 53.4 Å². The van der Waals surface area contributed by atoms with E-state index in [1.54, 1.807) is 0 Å². The molecule has 102 valence electrons. The van der Waals surface area contributed by atoms with Crippen molar-refractivity contribution in [2.45, 2.75) is 78.2 Å². The summed E-state index contributed by atoms with van der Waals surface area (Å²) in [7, 11) is -1.11. The summed E-state index contributed by atoms with van der Waals surface area (Å²) in [5.74, 6) is 1.22. The SMILES string of the molecule is CC[C@]1(O)CC[C@@H](C(C)(C)C)[C@H]1C[Si](C)(C)C. The van der Waals surface area contributed by atoms with Gasteiger partial charge in [0.1, 0.15) is 0 Å². The molecule has 2 heteroatoms. The molecule has 1 rings (SSSR count). The molecule has 17 heavy (non-hydrogen) atoms. The first-order valence-electron chi connectivity index (χ1n) is 7.22. The molecule has 1 nitrogen and oxygen atoms in total. The molecule has 0 heterocycles. The third-order valence-electron chi connectivity index (χ3n) is 4.62. The van der Waals surface area contributed by atoms with Gasteiger partial charge in [0.2, 0.25) is 0 Å². The summed E-state index contributed by atoms with van der Waals surface area (Å²) in [5.41, 5.74) is -0.0395. The monoisotopic (exact) mass is 256 g/mol. The maximum atomic E-state index is 10.9. The van der Waals surface area contributed by atoms with Gasteiger partial charge in [0.25, 0.3) is 0 Å². The van der Waals surface area contributed by atoms with Crippen molar-refractivity contribution >= 4 is 8.07 Å². The van der Waals surface area contributed by atoms with E-state index >= 15 is 0 Å². The van der Waals surface area contributed by atoms with Crippen LogP contribution in [0.3, 0.4) is 0 Å². The first kappa shape index (κ1) is 15.2. The van der Waals surface area contributed by atoms with Crippen LogP contribution in [-0.4, -0.2) is 18.8 Å². The number of aliphatic hydroxyl groups is 1. The molecule has 0 saturated heterocycles. The predicted octanol–water partition coefficient (Wildman–Crippen LogP) is 4.54. The highest BCUT2D eigenvalue weighted by atomic mass is 28.3. The second kappa shape index (κ2) is 4.69. The highest BCUT2D eigenvalue weighted by Gasteiger charge is 2.50. The Bertz CT molecular complexity index is 261. The Labute approximate surface area is 109 Å². The van der Waals surface area contributed by atoms with Crippen molar-refractivity contribution in [3.8, 4) is 0 Å². The van der Waals surface area contributed by atoms with Gasteiger partial charge in [-0.15, -0.1) is 0 Å². The molecule has 0 spiro atoms. The first-order chi connectivity index (χ1) is 7.49. The summed E-state index contributed by atoms with van der Waals surface area (Å²) in [6, 6.07) is 1.28. The first-order valence-corrected chi connectivity index (χ1v) is 10.9. The van der Waals surface area contributed by atoms with Gasteiger partial charge in [0.05, 0.1) is 5.60 Å². The lowest BCUT2D eigenvalue weighted by atomic mass is 9.72.